The molecule has 0 aliphatic heterocycles. The Hall–Kier alpha value is -0.950. The Morgan fingerprint density at radius 1 is 0.792 bits per heavy atom. The summed E-state index contributed by atoms with van der Waals surface area (Å²) >= 11 is 0. The van der Waals surface area contributed by atoms with Gasteiger partial charge in [-0.2, -0.15) is 0 Å². The van der Waals surface area contributed by atoms with Crippen LogP contribution in [0.15, 0.2) is 29.2 Å². The highest BCUT2D eigenvalue weighted by Gasteiger charge is 2.14. The summed E-state index contributed by atoms with van der Waals surface area (Å²) in [6.45, 7) is 6.80. The molecular formula is C18H33N3O2S. The minimum Gasteiger partial charge on any atom is -0.308 e. The molecule has 1 aromatic carbocycles. The third-order valence-corrected chi connectivity index (χ3v) is 5.94. The van der Waals surface area contributed by atoms with Crippen LogP contribution < -0.4 is 0 Å². The lowest BCUT2D eigenvalue weighted by atomic mass is 10.2. The number of hydrogen-bond donors (Lipinski definition) is 0. The van der Waals surface area contributed by atoms with E-state index in [0.29, 0.717) is 11.3 Å². The Bertz CT molecular complexity index is 570. The van der Waals surface area contributed by atoms with Gasteiger partial charge in [-0.05, 0) is 60.2 Å². The molecule has 0 bridgehead atoms. The maximum absolute atomic E-state index is 12.3. The normalized spacial score (nSPS) is 12.5. The zero-order valence-corrected chi connectivity index (χ0v) is 16.6. The number of benzene rings is 1. The fraction of sp³-hybridized carbons (Fsp3) is 0.667. The summed E-state index contributed by atoms with van der Waals surface area (Å²) in [6.07, 6.45) is 0.661. The highest BCUT2D eigenvalue weighted by Crippen LogP contribution is 2.13. The fourth-order valence-electron chi connectivity index (χ4n) is 2.32. The second-order valence-corrected chi connectivity index (χ2v) is 9.00. The van der Waals surface area contributed by atoms with Crippen molar-refractivity contribution in [2.75, 3.05) is 66.7 Å². The number of sulfone groups is 1. The molecule has 138 valence electrons. The van der Waals surface area contributed by atoms with E-state index in [-0.39, 0.29) is 5.75 Å². The summed E-state index contributed by atoms with van der Waals surface area (Å²) < 4.78 is 24.6. The van der Waals surface area contributed by atoms with Crippen LogP contribution in [0.2, 0.25) is 0 Å². The van der Waals surface area contributed by atoms with E-state index in [1.165, 1.54) is 0 Å². The zero-order chi connectivity index (χ0) is 18.2. The molecule has 0 amide bonds. The molecule has 0 N–H and O–H groups in total. The molecular weight excluding hydrogens is 322 g/mol. The van der Waals surface area contributed by atoms with Crippen LogP contribution in [0.3, 0.4) is 0 Å². The number of aryl methyl sites for hydroxylation is 1. The second kappa shape index (κ2) is 10.1. The van der Waals surface area contributed by atoms with Gasteiger partial charge in [-0.15, -0.1) is 0 Å². The summed E-state index contributed by atoms with van der Waals surface area (Å²) in [5, 5.41) is 0. The average Bonchev–Trinajstić information content (AvgIpc) is 2.51. The van der Waals surface area contributed by atoms with Gasteiger partial charge in [-0.3, -0.25) is 0 Å². The van der Waals surface area contributed by atoms with Gasteiger partial charge in [0.1, 0.15) is 0 Å². The van der Waals surface area contributed by atoms with Gasteiger partial charge in [0.15, 0.2) is 9.84 Å². The van der Waals surface area contributed by atoms with Crippen molar-refractivity contribution in [2.24, 2.45) is 0 Å². The van der Waals surface area contributed by atoms with E-state index in [0.717, 1.165) is 38.3 Å². The molecule has 0 aliphatic carbocycles. The van der Waals surface area contributed by atoms with Gasteiger partial charge in [0.25, 0.3) is 0 Å². The first-order chi connectivity index (χ1) is 11.2. The van der Waals surface area contributed by atoms with Crippen molar-refractivity contribution < 1.29 is 8.42 Å². The smallest absolute Gasteiger partial charge is 0.178 e. The first-order valence-corrected chi connectivity index (χ1v) is 10.2. The molecule has 0 atom stereocenters. The molecule has 0 spiro atoms. The molecule has 6 heteroatoms. The Balaban J connectivity index is 2.29. The number of rotatable bonds is 11. The van der Waals surface area contributed by atoms with Crippen LogP contribution in [-0.2, 0) is 9.84 Å². The van der Waals surface area contributed by atoms with Crippen molar-refractivity contribution in [3.8, 4) is 0 Å². The van der Waals surface area contributed by atoms with E-state index < -0.39 is 9.84 Å². The van der Waals surface area contributed by atoms with Crippen molar-refractivity contribution >= 4 is 9.84 Å². The van der Waals surface area contributed by atoms with Crippen molar-refractivity contribution in [3.63, 3.8) is 0 Å². The van der Waals surface area contributed by atoms with Crippen molar-refractivity contribution in [1.82, 2.24) is 14.7 Å². The number of nitrogens with zero attached hydrogens (tertiary/aromatic N) is 3. The van der Waals surface area contributed by atoms with Gasteiger partial charge in [0.2, 0.25) is 0 Å². The largest absolute Gasteiger partial charge is 0.308 e. The highest BCUT2D eigenvalue weighted by molar-refractivity contribution is 7.91. The lowest BCUT2D eigenvalue weighted by Crippen LogP contribution is -2.35. The standard InChI is InChI=1S/C18H33N3O2S/c1-17-7-9-18(10-8-17)24(22,23)16-6-11-20(4)14-15-21(5)13-12-19(2)3/h7-10H,6,11-16H2,1-5H3. The van der Waals surface area contributed by atoms with E-state index in [2.05, 4.69) is 42.9 Å². The molecule has 0 heterocycles. The Kier molecular flexibility index (Phi) is 8.91. The minimum atomic E-state index is -3.16. The summed E-state index contributed by atoms with van der Waals surface area (Å²) in [7, 11) is 5.17. The average molecular weight is 356 g/mol. The van der Waals surface area contributed by atoms with Crippen LogP contribution in [0.1, 0.15) is 12.0 Å². The molecule has 0 fully saturated rings. The van der Waals surface area contributed by atoms with Crippen LogP contribution in [-0.4, -0.2) is 89.8 Å². The molecule has 1 aromatic rings. The number of likely N-dealkylation sites (N-methyl/N-ethyl adjacent to an activating group) is 3. The van der Waals surface area contributed by atoms with E-state index in [9.17, 15) is 8.42 Å². The van der Waals surface area contributed by atoms with Crippen molar-refractivity contribution in [3.05, 3.63) is 29.8 Å². The van der Waals surface area contributed by atoms with Gasteiger partial charge >= 0.3 is 0 Å². The van der Waals surface area contributed by atoms with E-state index >= 15 is 0 Å². The lowest BCUT2D eigenvalue weighted by molar-refractivity contribution is 0.238. The summed E-state index contributed by atoms with van der Waals surface area (Å²) in [4.78, 5) is 7.12. The molecule has 24 heavy (non-hydrogen) atoms. The quantitative estimate of drug-likeness (QED) is 0.603. The molecule has 0 saturated carbocycles. The third-order valence-electron chi connectivity index (χ3n) is 4.13. The first kappa shape index (κ1) is 21.1. The van der Waals surface area contributed by atoms with Crippen LogP contribution in [0.4, 0.5) is 0 Å². The first-order valence-electron chi connectivity index (χ1n) is 8.52. The fourth-order valence-corrected chi connectivity index (χ4v) is 3.62. The second-order valence-electron chi connectivity index (χ2n) is 6.90. The summed E-state index contributed by atoms with van der Waals surface area (Å²) in [5.41, 5.74) is 1.08. The maximum Gasteiger partial charge on any atom is 0.178 e. The van der Waals surface area contributed by atoms with Crippen molar-refractivity contribution in [1.29, 1.82) is 0 Å². The predicted molar refractivity (Wildman–Crippen MR) is 101 cm³/mol. The van der Waals surface area contributed by atoms with E-state index in [1.54, 1.807) is 12.1 Å². The van der Waals surface area contributed by atoms with Gasteiger partial charge in [0, 0.05) is 26.2 Å². The Labute approximate surface area is 148 Å². The predicted octanol–water partition coefficient (Wildman–Crippen LogP) is 1.58. The third kappa shape index (κ3) is 8.24. The topological polar surface area (TPSA) is 43.9 Å². The van der Waals surface area contributed by atoms with E-state index in [4.69, 9.17) is 0 Å². The minimum absolute atomic E-state index is 0.205. The monoisotopic (exact) mass is 355 g/mol. The highest BCUT2D eigenvalue weighted by atomic mass is 32.2. The van der Waals surface area contributed by atoms with Crippen LogP contribution in [0.5, 0.6) is 0 Å². The van der Waals surface area contributed by atoms with E-state index in [1.807, 2.05) is 19.1 Å². The molecule has 0 aliphatic rings. The van der Waals surface area contributed by atoms with Gasteiger partial charge in [0.05, 0.1) is 10.6 Å². The SMILES string of the molecule is Cc1ccc(S(=O)(=O)CCCN(C)CCN(C)CCN(C)C)cc1. The molecule has 5 nitrogen and oxygen atoms in total. The van der Waals surface area contributed by atoms with Gasteiger partial charge < -0.3 is 14.7 Å². The van der Waals surface area contributed by atoms with Crippen LogP contribution in [0.25, 0.3) is 0 Å². The number of hydrogen-bond acceptors (Lipinski definition) is 5. The molecule has 0 unspecified atom stereocenters. The molecule has 0 saturated heterocycles. The summed E-state index contributed by atoms with van der Waals surface area (Å²) in [5.74, 6) is 0.205. The van der Waals surface area contributed by atoms with Crippen molar-refractivity contribution in [2.45, 2.75) is 18.2 Å². The zero-order valence-electron chi connectivity index (χ0n) is 15.8. The summed E-state index contributed by atoms with van der Waals surface area (Å²) in [6, 6.07) is 7.10. The Morgan fingerprint density at radius 2 is 1.29 bits per heavy atom. The Morgan fingerprint density at radius 3 is 1.83 bits per heavy atom. The molecule has 0 radical (unpaired) electrons. The maximum atomic E-state index is 12.3. The van der Waals surface area contributed by atoms with Crippen LogP contribution in [0, 0.1) is 6.92 Å². The molecule has 0 aromatic heterocycles. The van der Waals surface area contributed by atoms with Crippen LogP contribution >= 0.6 is 0 Å². The lowest BCUT2D eigenvalue weighted by Gasteiger charge is -2.23. The van der Waals surface area contributed by atoms with Gasteiger partial charge in [-0.25, -0.2) is 8.42 Å². The van der Waals surface area contributed by atoms with Gasteiger partial charge in [-0.1, -0.05) is 17.7 Å². The molecule has 1 rings (SSSR count).